The van der Waals surface area contributed by atoms with Crippen LogP contribution < -0.4 is 0 Å². The second-order valence-corrected chi connectivity index (χ2v) is 5.50. The first-order chi connectivity index (χ1) is 8.65. The highest BCUT2D eigenvalue weighted by atomic mass is 14.1. The molecular formula is C18H28. The molecule has 1 atom stereocenters. The van der Waals surface area contributed by atoms with Gasteiger partial charge in [-0.15, -0.1) is 0 Å². The summed E-state index contributed by atoms with van der Waals surface area (Å²) in [6.07, 6.45) is 9.15. The zero-order valence-corrected chi connectivity index (χ0v) is 12.5. The van der Waals surface area contributed by atoms with E-state index in [-0.39, 0.29) is 0 Å². The van der Waals surface area contributed by atoms with Crippen LogP contribution >= 0.6 is 0 Å². The summed E-state index contributed by atoms with van der Waals surface area (Å²) in [6, 6.07) is 8.63. The first kappa shape index (κ1) is 15.0. The number of hydrogen-bond donors (Lipinski definition) is 0. The standard InChI is InChI=1S/C18H28/c1-5-6-7-8-11-15(2)17(4)14-18-13-10-9-12-16(18)3/h9-10,12-15H,5-8,11H2,1-4H3/b17-14+. The van der Waals surface area contributed by atoms with Crippen LogP contribution in [-0.2, 0) is 0 Å². The summed E-state index contributed by atoms with van der Waals surface area (Å²) in [6.45, 7) is 9.09. The van der Waals surface area contributed by atoms with Crippen molar-refractivity contribution in [3.05, 3.63) is 41.0 Å². The maximum atomic E-state index is 2.36. The highest BCUT2D eigenvalue weighted by Crippen LogP contribution is 2.21. The van der Waals surface area contributed by atoms with E-state index in [0.717, 1.165) is 0 Å². The Balaban J connectivity index is 2.52. The van der Waals surface area contributed by atoms with Gasteiger partial charge in [-0.1, -0.05) is 75.4 Å². The molecule has 1 aromatic carbocycles. The molecule has 0 radical (unpaired) electrons. The zero-order chi connectivity index (χ0) is 13.4. The van der Waals surface area contributed by atoms with Crippen LogP contribution in [0.2, 0.25) is 0 Å². The van der Waals surface area contributed by atoms with Crippen LogP contribution in [0.15, 0.2) is 29.8 Å². The lowest BCUT2D eigenvalue weighted by molar-refractivity contribution is 0.544. The molecular weight excluding hydrogens is 216 g/mol. The second kappa shape index (κ2) is 8.13. The Morgan fingerprint density at radius 2 is 1.89 bits per heavy atom. The highest BCUT2D eigenvalue weighted by molar-refractivity contribution is 5.56. The third-order valence-electron chi connectivity index (χ3n) is 3.84. The van der Waals surface area contributed by atoms with Gasteiger partial charge in [-0.3, -0.25) is 0 Å². The van der Waals surface area contributed by atoms with Gasteiger partial charge in [-0.25, -0.2) is 0 Å². The molecule has 0 fully saturated rings. The largest absolute Gasteiger partial charge is 0.0699 e. The van der Waals surface area contributed by atoms with E-state index >= 15 is 0 Å². The lowest BCUT2D eigenvalue weighted by Crippen LogP contribution is -1.97. The normalized spacial score (nSPS) is 13.7. The van der Waals surface area contributed by atoms with Gasteiger partial charge < -0.3 is 0 Å². The maximum Gasteiger partial charge on any atom is -0.0228 e. The van der Waals surface area contributed by atoms with Gasteiger partial charge in [-0.2, -0.15) is 0 Å². The molecule has 0 aromatic heterocycles. The molecule has 100 valence electrons. The molecule has 0 heterocycles. The van der Waals surface area contributed by atoms with Crippen LogP contribution in [0.4, 0.5) is 0 Å². The average Bonchev–Trinajstić information content (AvgIpc) is 2.37. The van der Waals surface area contributed by atoms with Crippen molar-refractivity contribution in [1.82, 2.24) is 0 Å². The minimum Gasteiger partial charge on any atom is -0.0699 e. The molecule has 0 aliphatic heterocycles. The third kappa shape index (κ3) is 5.08. The van der Waals surface area contributed by atoms with E-state index in [0.29, 0.717) is 5.92 Å². The molecule has 0 bridgehead atoms. The molecule has 0 spiro atoms. The molecule has 1 rings (SSSR count). The van der Waals surface area contributed by atoms with Crippen LogP contribution in [0.1, 0.15) is 64.0 Å². The van der Waals surface area contributed by atoms with E-state index in [9.17, 15) is 0 Å². The van der Waals surface area contributed by atoms with Crippen LogP contribution in [-0.4, -0.2) is 0 Å². The topological polar surface area (TPSA) is 0 Å². The van der Waals surface area contributed by atoms with Gasteiger partial charge in [0.05, 0.1) is 0 Å². The molecule has 1 unspecified atom stereocenters. The number of unbranched alkanes of at least 4 members (excludes halogenated alkanes) is 3. The Morgan fingerprint density at radius 1 is 1.17 bits per heavy atom. The summed E-state index contributed by atoms with van der Waals surface area (Å²) in [5, 5.41) is 0. The fourth-order valence-corrected chi connectivity index (χ4v) is 2.24. The summed E-state index contributed by atoms with van der Waals surface area (Å²) in [7, 11) is 0. The summed E-state index contributed by atoms with van der Waals surface area (Å²) >= 11 is 0. The van der Waals surface area contributed by atoms with Crippen molar-refractivity contribution in [3.63, 3.8) is 0 Å². The van der Waals surface area contributed by atoms with Gasteiger partial charge in [0.1, 0.15) is 0 Å². The minimum absolute atomic E-state index is 0.710. The Kier molecular flexibility index (Phi) is 6.78. The van der Waals surface area contributed by atoms with Crippen LogP contribution in [0.5, 0.6) is 0 Å². The molecule has 0 amide bonds. The van der Waals surface area contributed by atoms with E-state index in [1.54, 1.807) is 0 Å². The Hall–Kier alpha value is -1.04. The molecule has 0 saturated carbocycles. The van der Waals surface area contributed by atoms with Crippen molar-refractivity contribution < 1.29 is 0 Å². The van der Waals surface area contributed by atoms with E-state index in [2.05, 4.69) is 58.0 Å². The molecule has 0 nitrogen and oxygen atoms in total. The van der Waals surface area contributed by atoms with Crippen molar-refractivity contribution in [2.24, 2.45) is 5.92 Å². The van der Waals surface area contributed by atoms with Gasteiger partial charge in [0.2, 0.25) is 0 Å². The van der Waals surface area contributed by atoms with Gasteiger partial charge in [0.15, 0.2) is 0 Å². The molecule has 18 heavy (non-hydrogen) atoms. The van der Waals surface area contributed by atoms with Crippen LogP contribution in [0, 0.1) is 12.8 Å². The monoisotopic (exact) mass is 244 g/mol. The fourth-order valence-electron chi connectivity index (χ4n) is 2.24. The molecule has 0 heteroatoms. The van der Waals surface area contributed by atoms with E-state index in [1.165, 1.54) is 48.8 Å². The molecule has 1 aromatic rings. The van der Waals surface area contributed by atoms with Crippen molar-refractivity contribution >= 4 is 6.08 Å². The zero-order valence-electron chi connectivity index (χ0n) is 12.5. The lowest BCUT2D eigenvalue weighted by Gasteiger charge is -2.13. The van der Waals surface area contributed by atoms with Gasteiger partial charge in [0.25, 0.3) is 0 Å². The number of benzene rings is 1. The second-order valence-electron chi connectivity index (χ2n) is 5.50. The predicted octanol–water partition coefficient (Wildman–Crippen LogP) is 6.00. The number of rotatable bonds is 7. The third-order valence-corrected chi connectivity index (χ3v) is 3.84. The van der Waals surface area contributed by atoms with Crippen molar-refractivity contribution in [3.8, 4) is 0 Å². The van der Waals surface area contributed by atoms with Gasteiger partial charge >= 0.3 is 0 Å². The first-order valence-electron chi connectivity index (χ1n) is 7.39. The molecule has 0 aliphatic carbocycles. The van der Waals surface area contributed by atoms with E-state index in [4.69, 9.17) is 0 Å². The SMILES string of the molecule is CCCCCCC(C)/C(C)=C/c1ccccc1C. The van der Waals surface area contributed by atoms with Crippen molar-refractivity contribution in [1.29, 1.82) is 0 Å². The summed E-state index contributed by atoms with van der Waals surface area (Å²) in [5.41, 5.74) is 4.26. The van der Waals surface area contributed by atoms with Crippen LogP contribution in [0.3, 0.4) is 0 Å². The summed E-state index contributed by atoms with van der Waals surface area (Å²) in [5.74, 6) is 0.710. The highest BCUT2D eigenvalue weighted by Gasteiger charge is 2.04. The van der Waals surface area contributed by atoms with Gasteiger partial charge in [0, 0.05) is 0 Å². The number of allylic oxidation sites excluding steroid dienone is 1. The Bertz CT molecular complexity index is 373. The smallest absolute Gasteiger partial charge is 0.0228 e. The molecule has 0 N–H and O–H groups in total. The van der Waals surface area contributed by atoms with Crippen molar-refractivity contribution in [2.75, 3.05) is 0 Å². The summed E-state index contributed by atoms with van der Waals surface area (Å²) in [4.78, 5) is 0. The van der Waals surface area contributed by atoms with Crippen LogP contribution in [0.25, 0.3) is 6.08 Å². The maximum absolute atomic E-state index is 2.36. The quantitative estimate of drug-likeness (QED) is 0.516. The first-order valence-corrected chi connectivity index (χ1v) is 7.39. The number of aryl methyl sites for hydroxylation is 1. The molecule has 0 saturated heterocycles. The van der Waals surface area contributed by atoms with Crippen molar-refractivity contribution in [2.45, 2.75) is 59.8 Å². The Labute approximate surface area is 113 Å². The Morgan fingerprint density at radius 3 is 2.56 bits per heavy atom. The minimum atomic E-state index is 0.710. The molecule has 0 aliphatic rings. The number of hydrogen-bond acceptors (Lipinski definition) is 0. The average molecular weight is 244 g/mol. The predicted molar refractivity (Wildman–Crippen MR) is 82.8 cm³/mol. The van der Waals surface area contributed by atoms with Gasteiger partial charge in [-0.05, 0) is 37.3 Å². The summed E-state index contributed by atoms with van der Waals surface area (Å²) < 4.78 is 0. The lowest BCUT2D eigenvalue weighted by atomic mass is 9.93. The van der Waals surface area contributed by atoms with E-state index in [1.807, 2.05) is 0 Å². The van der Waals surface area contributed by atoms with E-state index < -0.39 is 0 Å². The fraction of sp³-hybridized carbons (Fsp3) is 0.556.